The molecule has 1 saturated heterocycles. The van der Waals surface area contributed by atoms with Crippen molar-refractivity contribution in [1.29, 1.82) is 5.26 Å². The van der Waals surface area contributed by atoms with Crippen molar-refractivity contribution in [2.24, 2.45) is 0 Å². The van der Waals surface area contributed by atoms with Crippen molar-refractivity contribution in [3.63, 3.8) is 0 Å². The van der Waals surface area contributed by atoms with E-state index in [-0.39, 0.29) is 23.5 Å². The molecular formula is C27H33F2N5O. The molecule has 2 aliphatic rings. The Bertz CT molecular complexity index is 1100. The standard InChI is InChI=1S/C27H33F2N5O/c1-31-12-5-3-4-6-21-15-27(19-7-8-20(17-30)24(28)14-19)34(32-21)26-10-9-22(16-25(26)29)33-13-11-23(18-33)35-2/h7-10,14-16,21,23,31-32H,3-6,11-13,18H2,1-2H3. The predicted octanol–water partition coefficient (Wildman–Crippen LogP) is 4.58. The highest BCUT2D eigenvalue weighted by Crippen LogP contribution is 2.35. The van der Waals surface area contributed by atoms with Crippen LogP contribution >= 0.6 is 0 Å². The van der Waals surface area contributed by atoms with E-state index in [2.05, 4.69) is 15.6 Å². The van der Waals surface area contributed by atoms with Crippen LogP contribution in [-0.4, -0.2) is 45.9 Å². The van der Waals surface area contributed by atoms with Crippen LogP contribution in [0.25, 0.3) is 5.70 Å². The number of halogens is 2. The maximum Gasteiger partial charge on any atom is 0.150 e. The first kappa shape index (κ1) is 25.1. The van der Waals surface area contributed by atoms with Gasteiger partial charge in [0.15, 0.2) is 0 Å². The molecule has 0 amide bonds. The number of unbranched alkanes of at least 4 members (excludes halogenated alkanes) is 2. The molecule has 186 valence electrons. The van der Waals surface area contributed by atoms with E-state index in [1.807, 2.05) is 25.3 Å². The van der Waals surface area contributed by atoms with Crippen LogP contribution in [0, 0.1) is 23.0 Å². The third kappa shape index (κ3) is 5.81. The average Bonchev–Trinajstić information content (AvgIpc) is 3.51. The summed E-state index contributed by atoms with van der Waals surface area (Å²) in [5.74, 6) is -0.940. The minimum atomic E-state index is -0.584. The Labute approximate surface area is 206 Å². The van der Waals surface area contributed by atoms with Gasteiger partial charge in [0, 0.05) is 37.5 Å². The van der Waals surface area contributed by atoms with Crippen LogP contribution in [0.5, 0.6) is 0 Å². The summed E-state index contributed by atoms with van der Waals surface area (Å²) in [5, 5.41) is 14.0. The zero-order valence-electron chi connectivity index (χ0n) is 20.4. The number of hydrogen-bond acceptors (Lipinski definition) is 6. The zero-order valence-corrected chi connectivity index (χ0v) is 20.4. The van der Waals surface area contributed by atoms with E-state index in [0.29, 0.717) is 16.9 Å². The molecule has 1 fully saturated rings. The van der Waals surface area contributed by atoms with Gasteiger partial charge in [-0.2, -0.15) is 5.26 Å². The van der Waals surface area contributed by atoms with Crippen LogP contribution in [0.15, 0.2) is 42.5 Å². The van der Waals surface area contributed by atoms with Crippen LogP contribution < -0.4 is 20.7 Å². The van der Waals surface area contributed by atoms with E-state index in [4.69, 9.17) is 10.00 Å². The highest BCUT2D eigenvalue weighted by molar-refractivity contribution is 5.82. The quantitative estimate of drug-likeness (QED) is 0.485. The fourth-order valence-corrected chi connectivity index (χ4v) is 4.75. The zero-order chi connectivity index (χ0) is 24.8. The highest BCUT2D eigenvalue weighted by atomic mass is 19.1. The van der Waals surface area contributed by atoms with Gasteiger partial charge in [-0.05, 0) is 69.3 Å². The number of hydrogen-bond donors (Lipinski definition) is 2. The molecule has 0 saturated carbocycles. The third-order valence-corrected chi connectivity index (χ3v) is 6.74. The first-order valence-corrected chi connectivity index (χ1v) is 12.2. The summed E-state index contributed by atoms with van der Waals surface area (Å²) in [6.07, 6.45) is 7.20. The summed E-state index contributed by atoms with van der Waals surface area (Å²) in [6.45, 7) is 2.54. The second kappa shape index (κ2) is 11.6. The normalized spacial score (nSPS) is 19.8. The summed E-state index contributed by atoms with van der Waals surface area (Å²) in [5.41, 5.74) is 5.87. The van der Waals surface area contributed by atoms with Crippen molar-refractivity contribution < 1.29 is 13.5 Å². The summed E-state index contributed by atoms with van der Waals surface area (Å²) in [6, 6.07) is 11.6. The van der Waals surface area contributed by atoms with Crippen molar-refractivity contribution in [3.05, 3.63) is 65.2 Å². The lowest BCUT2D eigenvalue weighted by molar-refractivity contribution is 0.121. The van der Waals surface area contributed by atoms with Gasteiger partial charge in [-0.3, -0.25) is 5.01 Å². The molecule has 6 nitrogen and oxygen atoms in total. The molecular weight excluding hydrogens is 448 g/mol. The van der Waals surface area contributed by atoms with Gasteiger partial charge in [-0.15, -0.1) is 0 Å². The Morgan fingerprint density at radius 1 is 1.14 bits per heavy atom. The Morgan fingerprint density at radius 3 is 2.69 bits per heavy atom. The average molecular weight is 482 g/mol. The number of hydrazine groups is 1. The van der Waals surface area contributed by atoms with Crippen molar-refractivity contribution in [2.45, 2.75) is 44.2 Å². The topological polar surface area (TPSA) is 63.6 Å². The van der Waals surface area contributed by atoms with Crippen LogP contribution in [0.3, 0.4) is 0 Å². The lowest BCUT2D eigenvalue weighted by Crippen LogP contribution is -2.37. The molecule has 2 unspecified atom stereocenters. The van der Waals surface area contributed by atoms with Gasteiger partial charge in [-0.1, -0.05) is 18.9 Å². The number of benzene rings is 2. The summed E-state index contributed by atoms with van der Waals surface area (Å²) < 4.78 is 35.3. The van der Waals surface area contributed by atoms with E-state index in [1.54, 1.807) is 30.3 Å². The summed E-state index contributed by atoms with van der Waals surface area (Å²) in [4.78, 5) is 2.12. The molecule has 2 aromatic carbocycles. The van der Waals surface area contributed by atoms with Crippen LogP contribution in [0.2, 0.25) is 0 Å². The van der Waals surface area contributed by atoms with Crippen molar-refractivity contribution in [3.8, 4) is 6.07 Å². The molecule has 2 N–H and O–H groups in total. The third-order valence-electron chi connectivity index (χ3n) is 6.74. The number of anilines is 2. The fourth-order valence-electron chi connectivity index (χ4n) is 4.75. The SMILES string of the molecule is CNCCCCCC1C=C(c2ccc(C#N)c(F)c2)N(c2ccc(N3CCC(OC)C3)cc2F)N1. The van der Waals surface area contributed by atoms with Crippen molar-refractivity contribution in [1.82, 2.24) is 10.7 Å². The van der Waals surface area contributed by atoms with Crippen molar-refractivity contribution in [2.75, 3.05) is 43.7 Å². The molecule has 8 heteroatoms. The number of nitrogens with one attached hydrogen (secondary N) is 2. The van der Waals surface area contributed by atoms with E-state index >= 15 is 4.39 Å². The number of nitrogens with zero attached hydrogens (tertiary/aromatic N) is 3. The number of nitriles is 1. The molecule has 2 aliphatic heterocycles. The molecule has 35 heavy (non-hydrogen) atoms. The number of methoxy groups -OCH3 is 1. The molecule has 0 aliphatic carbocycles. The van der Waals surface area contributed by atoms with Gasteiger partial charge in [0.2, 0.25) is 0 Å². The lowest BCUT2D eigenvalue weighted by Gasteiger charge is -2.26. The second-order valence-electron chi connectivity index (χ2n) is 9.11. The fraction of sp³-hybridized carbons (Fsp3) is 0.444. The first-order chi connectivity index (χ1) is 17.0. The second-order valence-corrected chi connectivity index (χ2v) is 9.11. The maximum absolute atomic E-state index is 15.4. The van der Waals surface area contributed by atoms with Crippen LogP contribution in [-0.2, 0) is 4.74 Å². The monoisotopic (exact) mass is 481 g/mol. The first-order valence-electron chi connectivity index (χ1n) is 12.2. The summed E-state index contributed by atoms with van der Waals surface area (Å²) in [7, 11) is 3.65. The smallest absolute Gasteiger partial charge is 0.150 e. The number of ether oxygens (including phenoxy) is 1. The van der Waals surface area contributed by atoms with Crippen molar-refractivity contribution >= 4 is 17.1 Å². The van der Waals surface area contributed by atoms with Gasteiger partial charge >= 0.3 is 0 Å². The number of rotatable bonds is 10. The Balaban J connectivity index is 1.57. The molecule has 0 spiro atoms. The highest BCUT2D eigenvalue weighted by Gasteiger charge is 2.29. The minimum Gasteiger partial charge on any atom is -0.380 e. The van der Waals surface area contributed by atoms with E-state index in [9.17, 15) is 4.39 Å². The lowest BCUT2D eigenvalue weighted by atomic mass is 10.0. The molecule has 0 radical (unpaired) electrons. The van der Waals surface area contributed by atoms with E-state index in [0.717, 1.165) is 57.4 Å². The van der Waals surface area contributed by atoms with Gasteiger partial charge < -0.3 is 15.0 Å². The Morgan fingerprint density at radius 2 is 2.00 bits per heavy atom. The van der Waals surface area contributed by atoms with E-state index in [1.165, 1.54) is 12.1 Å². The van der Waals surface area contributed by atoms with Crippen LogP contribution in [0.4, 0.5) is 20.2 Å². The predicted molar refractivity (Wildman–Crippen MR) is 135 cm³/mol. The molecule has 0 bridgehead atoms. The largest absolute Gasteiger partial charge is 0.380 e. The van der Waals surface area contributed by atoms with Gasteiger partial charge in [0.1, 0.15) is 17.7 Å². The van der Waals surface area contributed by atoms with Gasteiger partial charge in [0.05, 0.1) is 23.1 Å². The molecule has 0 aromatic heterocycles. The molecule has 2 aromatic rings. The molecule has 2 atom stereocenters. The van der Waals surface area contributed by atoms with Gasteiger partial charge in [-0.25, -0.2) is 14.2 Å². The molecule has 2 heterocycles. The Kier molecular flexibility index (Phi) is 8.34. The minimum absolute atomic E-state index is 0.00147. The maximum atomic E-state index is 15.4. The summed E-state index contributed by atoms with van der Waals surface area (Å²) >= 11 is 0. The van der Waals surface area contributed by atoms with Gasteiger partial charge in [0.25, 0.3) is 0 Å². The Hall–Kier alpha value is -2.99. The molecule has 4 rings (SSSR count). The van der Waals surface area contributed by atoms with Crippen LogP contribution in [0.1, 0.15) is 43.2 Å². The van der Waals surface area contributed by atoms with E-state index < -0.39 is 5.82 Å².